The summed E-state index contributed by atoms with van der Waals surface area (Å²) in [4.78, 5) is 22.3. The summed E-state index contributed by atoms with van der Waals surface area (Å²) in [5.74, 6) is 1.54. The first-order valence-electron chi connectivity index (χ1n) is 46.6. The van der Waals surface area contributed by atoms with Crippen LogP contribution in [0.15, 0.2) is 327 Å². The summed E-state index contributed by atoms with van der Waals surface area (Å²) in [6.07, 6.45) is 0. The van der Waals surface area contributed by atoms with Gasteiger partial charge in [0.1, 0.15) is 0 Å². The van der Waals surface area contributed by atoms with Gasteiger partial charge in [-0.3, -0.25) is 0 Å². The summed E-state index contributed by atoms with van der Waals surface area (Å²) < 4.78 is 52.7. The predicted octanol–water partition coefficient (Wildman–Crippen LogP) is 29.6. The van der Waals surface area contributed by atoms with E-state index in [0.29, 0.717) is 23.0 Å². The largest absolute Gasteiger partial charge is 0.310 e. The number of fused-ring (bicyclic) bond motifs is 10. The van der Waals surface area contributed by atoms with Crippen molar-refractivity contribution in [3.05, 3.63) is 361 Å². The Balaban J connectivity index is 1.04. The molecule has 0 unspecified atom stereocenters. The van der Waals surface area contributed by atoms with Crippen LogP contribution in [0.5, 0.6) is 0 Å². The van der Waals surface area contributed by atoms with Crippen molar-refractivity contribution >= 4 is 101 Å². The molecule has 614 valence electrons. The van der Waals surface area contributed by atoms with Crippen molar-refractivity contribution in [1.82, 2.24) is 24.1 Å². The minimum absolute atomic E-state index is 0.109. The van der Waals surface area contributed by atoms with E-state index in [9.17, 15) is 5.48 Å². The number of rotatable bonds is 11. The molecule has 3 aromatic heterocycles. The Labute approximate surface area is 745 Å². The lowest BCUT2D eigenvalue weighted by Crippen LogP contribution is -2.61. The number of anilines is 6. The molecule has 0 N–H and O–H groups in total. The minimum atomic E-state index is -0.582. The highest BCUT2D eigenvalue weighted by Crippen LogP contribution is 2.57. The van der Waals surface area contributed by atoms with Gasteiger partial charge >= 0.3 is 0 Å². The van der Waals surface area contributed by atoms with E-state index in [1.54, 1.807) is 0 Å². The van der Waals surface area contributed by atoms with Gasteiger partial charge in [-0.2, -0.15) is 0 Å². The van der Waals surface area contributed by atoms with Crippen LogP contribution in [0.1, 0.15) is 165 Å². The van der Waals surface area contributed by atoms with Crippen molar-refractivity contribution in [2.45, 2.75) is 157 Å². The maximum Gasteiger partial charge on any atom is 0.252 e. The number of nitrogens with zero attached hydrogens (tertiary/aromatic N) is 7. The van der Waals surface area contributed by atoms with Gasteiger partial charge in [0.05, 0.1) is 46.0 Å². The molecular weight excluding hydrogens is 1510 g/mol. The van der Waals surface area contributed by atoms with Gasteiger partial charge in [0.15, 0.2) is 17.5 Å². The summed E-state index contributed by atoms with van der Waals surface area (Å²) in [5, 5.41) is 4.59. The maximum absolute atomic E-state index is 9.93. The van der Waals surface area contributed by atoms with Gasteiger partial charge < -0.3 is 18.9 Å². The smallest absolute Gasteiger partial charge is 0.252 e. The molecule has 2 aliphatic heterocycles. The van der Waals surface area contributed by atoms with Crippen molar-refractivity contribution in [2.24, 2.45) is 0 Å². The molecule has 0 bridgehead atoms. The fraction of sp³-hybridized carbons (Fsp3) is 0.205. The molecule has 125 heavy (non-hydrogen) atoms. The first kappa shape index (κ1) is 74.2. The Kier molecular flexibility index (Phi) is 17.6. The summed E-state index contributed by atoms with van der Waals surface area (Å²) in [6, 6.07) is 108. The zero-order valence-corrected chi connectivity index (χ0v) is 75.0. The number of aromatic nitrogens is 5. The van der Waals surface area contributed by atoms with Gasteiger partial charge in [-0.1, -0.05) is 349 Å². The van der Waals surface area contributed by atoms with Crippen LogP contribution in [0.3, 0.4) is 0 Å². The molecule has 0 fully saturated rings. The SMILES string of the molecule is [2H]c1c([2H])c([2H])c(-c2ccc3c(c2)N(c2c(-c4ccccc4)cc(C(C)(C)C)cc2-c2ccccc2)c2cc(-n4c5ccc(C(C)(C)C)cc5c5cc(C(C)(C)C)ccc54)cc4c2B3c2ccc(-n3c5ccc(C(C)(C)C)cc5c5cc(C(C)(C)C)ccc53)cc2N4c2c(-c3ccccc3)cc(C(C)(C)C)cc2-c2nc(-c3ccccc3)nc(-c3ccccc3)n2)c([2H])c1[2H]. The van der Waals surface area contributed by atoms with E-state index in [1.807, 2.05) is 42.5 Å². The van der Waals surface area contributed by atoms with Crippen molar-refractivity contribution in [3.63, 3.8) is 0 Å². The Morgan fingerprint density at radius 1 is 0.248 bits per heavy atom. The lowest BCUT2D eigenvalue weighted by Gasteiger charge is -2.46. The van der Waals surface area contributed by atoms with Crippen LogP contribution in [0.4, 0.5) is 34.1 Å². The van der Waals surface area contributed by atoms with E-state index in [-0.39, 0.29) is 44.7 Å². The molecule has 0 saturated carbocycles. The summed E-state index contributed by atoms with van der Waals surface area (Å²) in [5.41, 5.74) is 28.7. The van der Waals surface area contributed by atoms with E-state index in [4.69, 9.17) is 16.3 Å². The van der Waals surface area contributed by atoms with Gasteiger partial charge in [-0.25, -0.2) is 15.0 Å². The second-order valence-corrected chi connectivity index (χ2v) is 40.6. The molecule has 15 aromatic carbocycles. The summed E-state index contributed by atoms with van der Waals surface area (Å²) >= 11 is 0. The quantitative estimate of drug-likeness (QED) is 0.121. The third-order valence-electron chi connectivity index (χ3n) is 25.9. The average molecular weight is 1630 g/mol. The van der Waals surface area contributed by atoms with Gasteiger partial charge in [-0.15, -0.1) is 0 Å². The monoisotopic (exact) mass is 1630 g/mol. The summed E-state index contributed by atoms with van der Waals surface area (Å²) in [7, 11) is 0. The molecule has 5 heterocycles. The number of hydrogen-bond acceptors (Lipinski definition) is 5. The van der Waals surface area contributed by atoms with Crippen LogP contribution >= 0.6 is 0 Å². The minimum Gasteiger partial charge on any atom is -0.310 e. The molecule has 0 spiro atoms. The van der Waals surface area contributed by atoms with E-state index >= 15 is 0 Å². The van der Waals surface area contributed by atoms with E-state index in [0.717, 1.165) is 156 Å². The standard InChI is InChI=1S/C117H108BN7/c1-112(2,3)80-50-57-98-91(62-80)92-63-81(113(4,5)6)51-58-99(92)122(98)86-54-56-97-103(70-86)125(108-90(76-43-31-22-32-44-76)68-85(117(16,17)18)69-95(108)111-120-109(77-45-33-23-34-46-77)119-110(121-111)78-47-35-24-36-48-78)105-72-87(123-100-59-52-82(114(7,8)9)64-93(100)94-65-83(115(10,11)12)53-60-101(94)123)71-104-106(105)118(97)96-55-49-79(73-37-25-19-26-38-73)61-102(96)124(104)107-88(74-39-27-20-28-40-74)66-84(116(13,14)15)67-89(107)75-41-29-21-30-42-75/h19-72H,1-18H3/i19D,25D,26D,37D,38D. The van der Waals surface area contributed by atoms with Gasteiger partial charge in [0, 0.05) is 83.4 Å². The topological polar surface area (TPSA) is 55.0 Å². The summed E-state index contributed by atoms with van der Waals surface area (Å²) in [6.45, 7) is 40.8. The van der Waals surface area contributed by atoms with E-state index < -0.39 is 30.3 Å². The van der Waals surface area contributed by atoms with Crippen LogP contribution in [0, 0.1) is 0 Å². The molecule has 0 radical (unpaired) electrons. The highest BCUT2D eigenvalue weighted by Gasteiger charge is 2.47. The second-order valence-electron chi connectivity index (χ2n) is 40.6. The molecule has 0 atom stereocenters. The van der Waals surface area contributed by atoms with Crippen molar-refractivity contribution in [3.8, 4) is 90.0 Å². The third-order valence-corrected chi connectivity index (χ3v) is 25.9. The lowest BCUT2D eigenvalue weighted by molar-refractivity contribution is 0.590. The molecule has 0 aliphatic carbocycles. The molecule has 20 rings (SSSR count). The highest BCUT2D eigenvalue weighted by atomic mass is 15.2. The zero-order valence-electron chi connectivity index (χ0n) is 80.0. The molecule has 7 nitrogen and oxygen atoms in total. The Morgan fingerprint density at radius 2 is 0.560 bits per heavy atom. The van der Waals surface area contributed by atoms with Gasteiger partial charge in [0.2, 0.25) is 0 Å². The Morgan fingerprint density at radius 3 is 0.928 bits per heavy atom. The lowest BCUT2D eigenvalue weighted by atomic mass is 9.33. The van der Waals surface area contributed by atoms with Crippen LogP contribution in [0.2, 0.25) is 0 Å². The van der Waals surface area contributed by atoms with Crippen LogP contribution in [-0.2, 0) is 32.5 Å². The normalized spacial score (nSPS) is 13.7. The van der Waals surface area contributed by atoms with E-state index in [1.165, 1.54) is 33.0 Å². The van der Waals surface area contributed by atoms with Gasteiger partial charge in [0.25, 0.3) is 6.71 Å². The van der Waals surface area contributed by atoms with Crippen molar-refractivity contribution in [2.75, 3.05) is 9.80 Å². The number of hydrogen-bond donors (Lipinski definition) is 0. The number of benzene rings is 15. The van der Waals surface area contributed by atoms with Gasteiger partial charge in [-0.05, 0) is 213 Å². The molecule has 0 amide bonds. The van der Waals surface area contributed by atoms with Crippen LogP contribution in [-0.4, -0.2) is 30.8 Å². The first-order valence-corrected chi connectivity index (χ1v) is 44.1. The fourth-order valence-electron chi connectivity index (χ4n) is 19.0. The molecule has 0 saturated heterocycles. The predicted molar refractivity (Wildman–Crippen MR) is 533 cm³/mol. The molecule has 2 aliphatic rings. The Hall–Kier alpha value is -13.4. The van der Waals surface area contributed by atoms with Crippen LogP contribution in [0.25, 0.3) is 134 Å². The van der Waals surface area contributed by atoms with Crippen molar-refractivity contribution in [1.29, 1.82) is 0 Å². The Bertz CT molecular complexity index is 7360. The molecular formula is C117H108BN7. The molecule has 8 heteroatoms. The van der Waals surface area contributed by atoms with Crippen molar-refractivity contribution < 1.29 is 6.85 Å². The maximum atomic E-state index is 9.93. The third kappa shape index (κ3) is 14.1. The highest BCUT2D eigenvalue weighted by molar-refractivity contribution is 7.00. The van der Waals surface area contributed by atoms with Crippen LogP contribution < -0.4 is 26.2 Å². The van der Waals surface area contributed by atoms with E-state index in [2.05, 4.69) is 398 Å². The fourth-order valence-corrected chi connectivity index (χ4v) is 19.0. The average Bonchev–Trinajstić information content (AvgIpc) is 1.68. The first-order chi connectivity index (χ1) is 61.8. The second kappa shape index (κ2) is 29.7. The zero-order chi connectivity index (χ0) is 91.1. The molecule has 18 aromatic rings.